The van der Waals surface area contributed by atoms with Gasteiger partial charge in [-0.2, -0.15) is 26.3 Å². The van der Waals surface area contributed by atoms with Gasteiger partial charge in [0.05, 0.1) is 23.7 Å². The number of alkyl halides is 6. The summed E-state index contributed by atoms with van der Waals surface area (Å²) in [6, 6.07) is 5.90. The standard InChI is InChI=1S/C20H18F6O2/c1-4-28-18(27)12(3)13-8-14(10-16(9-13)20(24,25)26)17-6-5-15(7-11(17)2)19(21,22)23/h5-10,12H,4H2,1-3H3. The minimum absolute atomic E-state index is 0.0718. The lowest BCUT2D eigenvalue weighted by Crippen LogP contribution is -2.14. The Kier molecular flexibility index (Phi) is 6.11. The van der Waals surface area contributed by atoms with E-state index in [2.05, 4.69) is 0 Å². The highest BCUT2D eigenvalue weighted by molar-refractivity contribution is 5.79. The fraction of sp³-hybridized carbons (Fsp3) is 0.350. The molecular formula is C20H18F6O2. The molecule has 0 spiro atoms. The number of esters is 1. The Morgan fingerprint density at radius 1 is 0.964 bits per heavy atom. The summed E-state index contributed by atoms with van der Waals surface area (Å²) in [4.78, 5) is 11.9. The number of aryl methyl sites for hydroxylation is 1. The van der Waals surface area contributed by atoms with Crippen molar-refractivity contribution in [2.75, 3.05) is 6.61 Å². The predicted molar refractivity (Wildman–Crippen MR) is 91.7 cm³/mol. The van der Waals surface area contributed by atoms with Crippen LogP contribution in [0.1, 0.15) is 42.0 Å². The molecule has 0 aliphatic rings. The van der Waals surface area contributed by atoms with Gasteiger partial charge in [0, 0.05) is 0 Å². The average Bonchev–Trinajstić information content (AvgIpc) is 2.59. The quantitative estimate of drug-likeness (QED) is 0.437. The molecule has 1 atom stereocenters. The molecule has 2 nitrogen and oxygen atoms in total. The Labute approximate surface area is 158 Å². The van der Waals surface area contributed by atoms with Gasteiger partial charge >= 0.3 is 18.3 Å². The summed E-state index contributed by atoms with van der Waals surface area (Å²) in [5, 5.41) is 0. The number of halogens is 6. The second-order valence-corrected chi connectivity index (χ2v) is 6.34. The first kappa shape index (κ1) is 21.8. The van der Waals surface area contributed by atoms with Gasteiger partial charge < -0.3 is 4.74 Å². The first-order valence-electron chi connectivity index (χ1n) is 8.41. The van der Waals surface area contributed by atoms with Gasteiger partial charge in [-0.1, -0.05) is 12.1 Å². The topological polar surface area (TPSA) is 26.3 Å². The third kappa shape index (κ3) is 4.85. The molecule has 0 aliphatic heterocycles. The van der Waals surface area contributed by atoms with E-state index < -0.39 is 35.4 Å². The maximum absolute atomic E-state index is 13.3. The normalized spacial score (nSPS) is 13.3. The highest BCUT2D eigenvalue weighted by Gasteiger charge is 2.33. The van der Waals surface area contributed by atoms with Crippen molar-refractivity contribution in [3.8, 4) is 11.1 Å². The molecule has 0 bridgehead atoms. The highest BCUT2D eigenvalue weighted by Crippen LogP contribution is 2.38. The van der Waals surface area contributed by atoms with E-state index in [0.29, 0.717) is 0 Å². The second kappa shape index (κ2) is 7.85. The van der Waals surface area contributed by atoms with Gasteiger partial charge in [-0.05, 0) is 67.3 Å². The van der Waals surface area contributed by atoms with Crippen LogP contribution in [0.25, 0.3) is 11.1 Å². The molecule has 2 aromatic carbocycles. The monoisotopic (exact) mass is 404 g/mol. The Morgan fingerprint density at radius 2 is 1.57 bits per heavy atom. The van der Waals surface area contributed by atoms with Crippen LogP contribution in [0, 0.1) is 6.92 Å². The van der Waals surface area contributed by atoms with Gasteiger partial charge in [-0.3, -0.25) is 4.79 Å². The van der Waals surface area contributed by atoms with Crippen molar-refractivity contribution in [3.05, 3.63) is 58.7 Å². The predicted octanol–water partition coefficient (Wildman–Crippen LogP) is 6.37. The summed E-state index contributed by atoms with van der Waals surface area (Å²) < 4.78 is 83.4. The highest BCUT2D eigenvalue weighted by atomic mass is 19.4. The van der Waals surface area contributed by atoms with Crippen molar-refractivity contribution < 1.29 is 35.9 Å². The molecule has 28 heavy (non-hydrogen) atoms. The van der Waals surface area contributed by atoms with Gasteiger partial charge in [-0.15, -0.1) is 0 Å². The van der Waals surface area contributed by atoms with E-state index in [1.165, 1.54) is 19.9 Å². The molecule has 2 rings (SSSR count). The van der Waals surface area contributed by atoms with Gasteiger partial charge in [0.1, 0.15) is 0 Å². The van der Waals surface area contributed by atoms with Crippen LogP contribution >= 0.6 is 0 Å². The molecule has 2 aromatic rings. The fourth-order valence-corrected chi connectivity index (χ4v) is 2.79. The van der Waals surface area contributed by atoms with E-state index in [4.69, 9.17) is 4.74 Å². The average molecular weight is 404 g/mol. The molecule has 0 saturated heterocycles. The fourth-order valence-electron chi connectivity index (χ4n) is 2.79. The first-order valence-corrected chi connectivity index (χ1v) is 8.41. The number of rotatable bonds is 4. The van der Waals surface area contributed by atoms with Crippen LogP contribution in [0.3, 0.4) is 0 Å². The summed E-state index contributed by atoms with van der Waals surface area (Å²) in [6.07, 6.45) is -9.24. The molecular weight excluding hydrogens is 386 g/mol. The Hall–Kier alpha value is -2.51. The zero-order valence-electron chi connectivity index (χ0n) is 15.3. The molecule has 0 heterocycles. The van der Waals surface area contributed by atoms with Crippen molar-refractivity contribution in [1.82, 2.24) is 0 Å². The molecule has 0 radical (unpaired) electrons. The van der Waals surface area contributed by atoms with Crippen LogP contribution in [-0.4, -0.2) is 12.6 Å². The van der Waals surface area contributed by atoms with Crippen LogP contribution in [0.5, 0.6) is 0 Å². The lowest BCUT2D eigenvalue weighted by Gasteiger charge is -2.17. The number of carbonyl (C=O) groups is 1. The van der Waals surface area contributed by atoms with E-state index in [1.54, 1.807) is 6.92 Å². The van der Waals surface area contributed by atoms with E-state index >= 15 is 0 Å². The maximum atomic E-state index is 13.3. The third-order valence-corrected chi connectivity index (χ3v) is 4.29. The van der Waals surface area contributed by atoms with Crippen LogP contribution in [0.2, 0.25) is 0 Å². The van der Waals surface area contributed by atoms with Gasteiger partial charge in [0.25, 0.3) is 0 Å². The number of ether oxygens (including phenoxy) is 1. The zero-order valence-corrected chi connectivity index (χ0v) is 15.3. The van der Waals surface area contributed by atoms with E-state index in [0.717, 1.165) is 30.3 Å². The summed E-state index contributed by atoms with van der Waals surface area (Å²) in [5.41, 5.74) is -1.34. The molecule has 0 N–H and O–H groups in total. The van der Waals surface area contributed by atoms with E-state index in [-0.39, 0.29) is 28.9 Å². The first-order chi connectivity index (χ1) is 12.8. The minimum atomic E-state index is -4.68. The molecule has 1 unspecified atom stereocenters. The lowest BCUT2D eigenvalue weighted by molar-refractivity contribution is -0.145. The van der Waals surface area contributed by atoms with Crippen LogP contribution in [-0.2, 0) is 21.9 Å². The largest absolute Gasteiger partial charge is 0.466 e. The summed E-state index contributed by atoms with van der Waals surface area (Å²) in [5.74, 6) is -1.65. The van der Waals surface area contributed by atoms with Gasteiger partial charge in [-0.25, -0.2) is 0 Å². The van der Waals surface area contributed by atoms with Crippen molar-refractivity contribution in [2.45, 2.75) is 39.0 Å². The van der Waals surface area contributed by atoms with Crippen molar-refractivity contribution in [2.24, 2.45) is 0 Å². The second-order valence-electron chi connectivity index (χ2n) is 6.34. The summed E-state index contributed by atoms with van der Waals surface area (Å²) >= 11 is 0. The van der Waals surface area contributed by atoms with Crippen molar-refractivity contribution in [1.29, 1.82) is 0 Å². The maximum Gasteiger partial charge on any atom is 0.416 e. The summed E-state index contributed by atoms with van der Waals surface area (Å²) in [6.45, 7) is 4.46. The lowest BCUT2D eigenvalue weighted by atomic mass is 9.91. The molecule has 0 aliphatic carbocycles. The van der Waals surface area contributed by atoms with Gasteiger partial charge in [0.15, 0.2) is 0 Å². The number of carbonyl (C=O) groups excluding carboxylic acids is 1. The minimum Gasteiger partial charge on any atom is -0.466 e. The summed E-state index contributed by atoms with van der Waals surface area (Å²) in [7, 11) is 0. The number of hydrogen-bond acceptors (Lipinski definition) is 2. The van der Waals surface area contributed by atoms with E-state index in [9.17, 15) is 31.1 Å². The molecule has 0 saturated carbocycles. The zero-order chi connectivity index (χ0) is 21.3. The third-order valence-electron chi connectivity index (χ3n) is 4.29. The van der Waals surface area contributed by atoms with Crippen molar-refractivity contribution >= 4 is 5.97 Å². The Bertz CT molecular complexity index is 868. The number of benzene rings is 2. The Balaban J connectivity index is 2.61. The molecule has 0 fully saturated rings. The SMILES string of the molecule is CCOC(=O)C(C)c1cc(-c2ccc(C(F)(F)F)cc2C)cc(C(F)(F)F)c1. The molecule has 0 amide bonds. The Morgan fingerprint density at radius 3 is 2.07 bits per heavy atom. The van der Waals surface area contributed by atoms with Crippen molar-refractivity contribution in [3.63, 3.8) is 0 Å². The molecule has 152 valence electrons. The molecule has 0 aromatic heterocycles. The molecule has 8 heteroatoms. The number of hydrogen-bond donors (Lipinski definition) is 0. The van der Waals surface area contributed by atoms with Crippen LogP contribution < -0.4 is 0 Å². The van der Waals surface area contributed by atoms with Crippen LogP contribution in [0.4, 0.5) is 26.3 Å². The van der Waals surface area contributed by atoms with E-state index in [1.807, 2.05) is 0 Å². The smallest absolute Gasteiger partial charge is 0.416 e. The van der Waals surface area contributed by atoms with Crippen LogP contribution in [0.15, 0.2) is 36.4 Å². The van der Waals surface area contributed by atoms with Gasteiger partial charge in [0.2, 0.25) is 0 Å².